The molecule has 4 aromatic rings. The summed E-state index contributed by atoms with van der Waals surface area (Å²) in [7, 11) is 0. The molecule has 1 aliphatic rings. The van der Waals surface area contributed by atoms with E-state index in [2.05, 4.69) is 11.4 Å². The topological polar surface area (TPSA) is 82.8 Å². The summed E-state index contributed by atoms with van der Waals surface area (Å²) >= 11 is 0. The third-order valence-corrected chi connectivity index (χ3v) is 6.92. The van der Waals surface area contributed by atoms with Crippen LogP contribution in [0.2, 0.25) is 0 Å². The minimum absolute atomic E-state index is 0.0289. The van der Waals surface area contributed by atoms with Crippen molar-refractivity contribution in [3.63, 3.8) is 0 Å². The monoisotopic (exact) mass is 522 g/mol. The SMILES string of the molecule is Cc1ccc2c(c1)CN(c1oc3c(C(C)Nc4ccccc4C(=O)O)cc(C(F)(F)F)cc3c(=O)c1C)C2. The van der Waals surface area contributed by atoms with Crippen LogP contribution in [0, 0.1) is 13.8 Å². The first-order chi connectivity index (χ1) is 17.9. The molecule has 0 radical (unpaired) electrons. The molecule has 9 heteroatoms. The summed E-state index contributed by atoms with van der Waals surface area (Å²) in [6.07, 6.45) is -4.70. The molecule has 0 aliphatic carbocycles. The van der Waals surface area contributed by atoms with E-state index < -0.39 is 29.2 Å². The third-order valence-electron chi connectivity index (χ3n) is 6.92. The van der Waals surface area contributed by atoms with E-state index in [1.54, 1.807) is 26.0 Å². The summed E-state index contributed by atoms with van der Waals surface area (Å²) in [6.45, 7) is 6.15. The molecule has 0 bridgehead atoms. The van der Waals surface area contributed by atoms with E-state index in [4.69, 9.17) is 4.42 Å². The van der Waals surface area contributed by atoms with Crippen molar-refractivity contribution in [1.82, 2.24) is 0 Å². The second-order valence-corrected chi connectivity index (χ2v) is 9.65. The predicted molar refractivity (Wildman–Crippen MR) is 139 cm³/mol. The number of nitrogens with zero attached hydrogens (tertiary/aromatic N) is 1. The lowest BCUT2D eigenvalue weighted by molar-refractivity contribution is -0.137. The average Bonchev–Trinajstić information content (AvgIpc) is 3.28. The quantitative estimate of drug-likeness (QED) is 0.299. The molecule has 1 atom stereocenters. The molecule has 0 fully saturated rings. The number of para-hydroxylation sites is 1. The van der Waals surface area contributed by atoms with Crippen LogP contribution in [0.1, 0.15) is 56.7 Å². The zero-order valence-corrected chi connectivity index (χ0v) is 20.9. The van der Waals surface area contributed by atoms with Gasteiger partial charge in [0.25, 0.3) is 0 Å². The van der Waals surface area contributed by atoms with Gasteiger partial charge in [-0.3, -0.25) is 4.79 Å². The van der Waals surface area contributed by atoms with Crippen LogP contribution in [-0.2, 0) is 19.3 Å². The molecule has 6 nitrogen and oxygen atoms in total. The molecule has 2 heterocycles. The van der Waals surface area contributed by atoms with Crippen molar-refractivity contribution in [1.29, 1.82) is 0 Å². The van der Waals surface area contributed by atoms with Crippen LogP contribution in [0.4, 0.5) is 24.7 Å². The van der Waals surface area contributed by atoms with Gasteiger partial charge >= 0.3 is 12.1 Å². The lowest BCUT2D eigenvalue weighted by atomic mass is 9.99. The summed E-state index contributed by atoms with van der Waals surface area (Å²) < 4.78 is 47.8. The molecule has 1 aromatic heterocycles. The van der Waals surface area contributed by atoms with Gasteiger partial charge in [0.2, 0.25) is 5.88 Å². The Bertz CT molecular complexity index is 1640. The number of carboxylic acids is 1. The van der Waals surface area contributed by atoms with Gasteiger partial charge in [-0.25, -0.2) is 4.79 Å². The number of benzene rings is 3. The van der Waals surface area contributed by atoms with Crippen LogP contribution in [0.15, 0.2) is 63.8 Å². The van der Waals surface area contributed by atoms with Crippen LogP contribution >= 0.6 is 0 Å². The molecule has 38 heavy (non-hydrogen) atoms. The number of anilines is 2. The summed E-state index contributed by atoms with van der Waals surface area (Å²) in [5.41, 5.74) is 2.32. The van der Waals surface area contributed by atoms with Gasteiger partial charge in [0.1, 0.15) is 5.58 Å². The van der Waals surface area contributed by atoms with Crippen molar-refractivity contribution >= 4 is 28.5 Å². The van der Waals surface area contributed by atoms with E-state index >= 15 is 0 Å². The molecular formula is C29H25F3N2O4. The van der Waals surface area contributed by atoms with Crippen molar-refractivity contribution in [2.75, 3.05) is 10.2 Å². The Morgan fingerprint density at radius 3 is 2.47 bits per heavy atom. The molecule has 0 saturated heterocycles. The van der Waals surface area contributed by atoms with Crippen LogP contribution < -0.4 is 15.6 Å². The first-order valence-corrected chi connectivity index (χ1v) is 12.0. The molecule has 196 valence electrons. The minimum Gasteiger partial charge on any atom is -0.478 e. The van der Waals surface area contributed by atoms with Gasteiger partial charge in [0, 0.05) is 24.3 Å². The highest BCUT2D eigenvalue weighted by atomic mass is 19.4. The Morgan fingerprint density at radius 1 is 1.05 bits per heavy atom. The Kier molecular flexibility index (Phi) is 6.17. The predicted octanol–water partition coefficient (Wildman–Crippen LogP) is 6.82. The van der Waals surface area contributed by atoms with E-state index in [0.29, 0.717) is 19.0 Å². The van der Waals surface area contributed by atoms with Gasteiger partial charge in [0.05, 0.1) is 28.1 Å². The molecule has 5 rings (SSSR count). The van der Waals surface area contributed by atoms with Crippen molar-refractivity contribution in [2.24, 2.45) is 0 Å². The van der Waals surface area contributed by atoms with Crippen molar-refractivity contribution in [2.45, 2.75) is 46.1 Å². The molecule has 0 spiro atoms. The number of hydrogen-bond donors (Lipinski definition) is 2. The van der Waals surface area contributed by atoms with E-state index in [-0.39, 0.29) is 33.3 Å². The fourth-order valence-corrected chi connectivity index (χ4v) is 4.97. The fourth-order valence-electron chi connectivity index (χ4n) is 4.97. The van der Waals surface area contributed by atoms with Gasteiger partial charge in [-0.15, -0.1) is 0 Å². The second-order valence-electron chi connectivity index (χ2n) is 9.65. The van der Waals surface area contributed by atoms with Gasteiger partial charge in [0.15, 0.2) is 5.43 Å². The lowest BCUT2D eigenvalue weighted by Gasteiger charge is -2.23. The molecule has 0 saturated carbocycles. The summed E-state index contributed by atoms with van der Waals surface area (Å²) in [6, 6.07) is 13.2. The molecular weight excluding hydrogens is 497 g/mol. The molecule has 3 aromatic carbocycles. The van der Waals surface area contributed by atoms with E-state index in [1.165, 1.54) is 12.1 Å². The Balaban J connectivity index is 1.66. The maximum Gasteiger partial charge on any atom is 0.416 e. The number of nitrogens with one attached hydrogen (secondary N) is 1. The van der Waals surface area contributed by atoms with E-state index in [0.717, 1.165) is 28.8 Å². The highest BCUT2D eigenvalue weighted by Crippen LogP contribution is 2.38. The standard InChI is InChI=1S/C29H25F3N2O4/c1-15-8-9-18-13-34(14-19(18)10-15)27-16(2)25(35)23-12-20(29(30,31)32)11-22(26(23)38-27)17(3)33-24-7-5-4-6-21(24)28(36)37/h4-12,17,33H,13-14H2,1-3H3,(H,36,37). The average molecular weight is 523 g/mol. The van der Waals surface area contributed by atoms with Gasteiger partial charge in [-0.05, 0) is 56.2 Å². The largest absolute Gasteiger partial charge is 0.478 e. The van der Waals surface area contributed by atoms with Gasteiger partial charge < -0.3 is 19.7 Å². The third kappa shape index (κ3) is 4.49. The van der Waals surface area contributed by atoms with Crippen LogP contribution in [0.25, 0.3) is 11.0 Å². The van der Waals surface area contributed by atoms with Gasteiger partial charge in [-0.1, -0.05) is 35.9 Å². The lowest BCUT2D eigenvalue weighted by Crippen LogP contribution is -2.21. The second kappa shape index (κ2) is 9.24. The summed E-state index contributed by atoms with van der Waals surface area (Å²) in [5, 5.41) is 12.4. The molecule has 0 amide bonds. The number of aromatic carboxylic acids is 1. The van der Waals surface area contributed by atoms with Crippen molar-refractivity contribution in [3.8, 4) is 0 Å². The number of rotatable bonds is 5. The smallest absolute Gasteiger partial charge is 0.416 e. The Morgan fingerprint density at radius 2 is 1.76 bits per heavy atom. The number of hydrogen-bond acceptors (Lipinski definition) is 5. The highest BCUT2D eigenvalue weighted by molar-refractivity contribution is 5.94. The van der Waals surface area contributed by atoms with Gasteiger partial charge in [-0.2, -0.15) is 13.2 Å². The first kappa shape index (κ1) is 25.4. The zero-order valence-electron chi connectivity index (χ0n) is 20.9. The molecule has 2 N–H and O–H groups in total. The maximum absolute atomic E-state index is 13.9. The van der Waals surface area contributed by atoms with E-state index in [1.807, 2.05) is 24.0 Å². The number of alkyl halides is 3. The van der Waals surface area contributed by atoms with Crippen LogP contribution in [0.3, 0.4) is 0 Å². The number of carboxylic acid groups (broad SMARTS) is 1. The zero-order chi connectivity index (χ0) is 27.4. The number of fused-ring (bicyclic) bond motifs is 2. The Hall–Kier alpha value is -4.27. The maximum atomic E-state index is 13.9. The Labute approximate surface area is 216 Å². The molecule has 1 aliphatic heterocycles. The van der Waals surface area contributed by atoms with Crippen LogP contribution in [0.5, 0.6) is 0 Å². The van der Waals surface area contributed by atoms with Crippen molar-refractivity contribution < 1.29 is 27.5 Å². The fraction of sp³-hybridized carbons (Fsp3) is 0.241. The number of aryl methyl sites for hydroxylation is 1. The summed E-state index contributed by atoms with van der Waals surface area (Å²) in [5.74, 6) is -0.877. The first-order valence-electron chi connectivity index (χ1n) is 12.0. The van der Waals surface area contributed by atoms with Crippen molar-refractivity contribution in [3.05, 3.63) is 104 Å². The van der Waals surface area contributed by atoms with Crippen LogP contribution in [-0.4, -0.2) is 11.1 Å². The number of halogens is 3. The number of carbonyl (C=O) groups is 1. The highest BCUT2D eigenvalue weighted by Gasteiger charge is 2.34. The van der Waals surface area contributed by atoms with E-state index in [9.17, 15) is 27.9 Å². The minimum atomic E-state index is -4.70. The molecule has 1 unspecified atom stereocenters. The normalized spacial score (nSPS) is 14.0. The summed E-state index contributed by atoms with van der Waals surface area (Å²) in [4.78, 5) is 27.0.